The maximum Gasteiger partial charge on any atom is 0.254 e. The van der Waals surface area contributed by atoms with E-state index in [0.717, 1.165) is 19.3 Å². The van der Waals surface area contributed by atoms with Crippen molar-refractivity contribution in [1.82, 2.24) is 4.90 Å². The van der Waals surface area contributed by atoms with Crippen molar-refractivity contribution >= 4 is 5.91 Å². The van der Waals surface area contributed by atoms with Gasteiger partial charge in [0.05, 0.1) is 18.8 Å². The highest BCUT2D eigenvalue weighted by Gasteiger charge is 2.32. The summed E-state index contributed by atoms with van der Waals surface area (Å²) in [4.78, 5) is 15.0. The first-order chi connectivity index (χ1) is 12.9. The Morgan fingerprint density at radius 3 is 2.74 bits per heavy atom. The van der Waals surface area contributed by atoms with Gasteiger partial charge in [-0.3, -0.25) is 4.79 Å². The van der Waals surface area contributed by atoms with Crippen molar-refractivity contribution < 1.29 is 24.1 Å². The molecule has 1 N–H and O–H groups in total. The Labute approximate surface area is 162 Å². The second-order valence-electron chi connectivity index (χ2n) is 7.45. The lowest BCUT2D eigenvalue weighted by Gasteiger charge is -2.40. The van der Waals surface area contributed by atoms with Gasteiger partial charge in [-0.05, 0) is 24.5 Å². The van der Waals surface area contributed by atoms with Crippen molar-refractivity contribution in [3.63, 3.8) is 0 Å². The molecular weight excluding hydrogens is 346 g/mol. The zero-order valence-electron chi connectivity index (χ0n) is 16.9. The van der Waals surface area contributed by atoms with Gasteiger partial charge in [-0.1, -0.05) is 33.6 Å². The third kappa shape index (κ3) is 6.40. The number of ether oxygens (including phenoxy) is 3. The molecule has 1 amide bonds. The molecule has 0 unspecified atom stereocenters. The number of carbonyl (C=O) groups excluding carboxylic acids is 1. The van der Waals surface area contributed by atoms with Gasteiger partial charge < -0.3 is 24.2 Å². The number of methoxy groups -OCH3 is 1. The maximum absolute atomic E-state index is 13.1. The van der Waals surface area contributed by atoms with Gasteiger partial charge >= 0.3 is 0 Å². The Hall–Kier alpha value is -1.79. The number of aromatic hydroxyl groups is 1. The molecule has 1 heterocycles. The fourth-order valence-electron chi connectivity index (χ4n) is 3.21. The van der Waals surface area contributed by atoms with Crippen LogP contribution in [0.15, 0.2) is 18.2 Å². The smallest absolute Gasteiger partial charge is 0.254 e. The summed E-state index contributed by atoms with van der Waals surface area (Å²) in [6.45, 7) is 8.34. The van der Waals surface area contributed by atoms with Gasteiger partial charge in [0.1, 0.15) is 18.1 Å². The highest BCUT2D eigenvalue weighted by atomic mass is 16.5. The van der Waals surface area contributed by atoms with Crippen molar-refractivity contribution in [2.75, 3.05) is 33.4 Å². The molecule has 1 aliphatic rings. The largest absolute Gasteiger partial charge is 0.508 e. The third-order valence-electron chi connectivity index (χ3n) is 4.80. The van der Waals surface area contributed by atoms with Crippen LogP contribution in [0.4, 0.5) is 0 Å². The molecule has 1 saturated heterocycles. The number of rotatable bonds is 9. The Morgan fingerprint density at radius 1 is 1.30 bits per heavy atom. The number of benzene rings is 1. The van der Waals surface area contributed by atoms with Crippen LogP contribution in [0, 0.1) is 5.92 Å². The molecule has 2 atom stereocenters. The summed E-state index contributed by atoms with van der Waals surface area (Å²) in [6.07, 6.45) is 3.23. The second-order valence-corrected chi connectivity index (χ2v) is 7.45. The van der Waals surface area contributed by atoms with Gasteiger partial charge in [-0.15, -0.1) is 0 Å². The zero-order valence-corrected chi connectivity index (χ0v) is 16.9. The summed E-state index contributed by atoms with van der Waals surface area (Å²) in [6, 6.07) is 4.68. The monoisotopic (exact) mass is 379 g/mol. The van der Waals surface area contributed by atoms with Crippen molar-refractivity contribution in [3.05, 3.63) is 23.8 Å². The van der Waals surface area contributed by atoms with Crippen LogP contribution < -0.4 is 4.74 Å². The standard InChI is InChI=1S/C21H33NO5/c1-5-6-7-18-13-22(14-20(27-18)15(2)3)21(24)16-10-17(23)12-19(11-16)26-9-8-25-4/h10-12,15,18,20,23H,5-9,13-14H2,1-4H3/t18-,20-/m1/s1. The molecule has 6 heteroatoms. The molecule has 0 spiro atoms. The molecule has 0 aromatic heterocycles. The summed E-state index contributed by atoms with van der Waals surface area (Å²) in [7, 11) is 1.60. The van der Waals surface area contributed by atoms with Crippen LogP contribution in [0.5, 0.6) is 11.5 Å². The molecule has 0 radical (unpaired) electrons. The molecule has 1 aromatic rings. The summed E-state index contributed by atoms with van der Waals surface area (Å²) in [5.74, 6) is 0.718. The lowest BCUT2D eigenvalue weighted by atomic mass is 10.0. The van der Waals surface area contributed by atoms with E-state index < -0.39 is 0 Å². The van der Waals surface area contributed by atoms with Crippen LogP contribution in [0.2, 0.25) is 0 Å². The molecule has 152 valence electrons. The van der Waals surface area contributed by atoms with Crippen LogP contribution in [-0.2, 0) is 9.47 Å². The molecule has 1 fully saturated rings. The van der Waals surface area contributed by atoms with E-state index in [2.05, 4.69) is 20.8 Å². The third-order valence-corrected chi connectivity index (χ3v) is 4.80. The summed E-state index contributed by atoms with van der Waals surface area (Å²) in [5, 5.41) is 10.00. The highest BCUT2D eigenvalue weighted by molar-refractivity contribution is 5.95. The minimum Gasteiger partial charge on any atom is -0.508 e. The normalized spacial score (nSPS) is 20.1. The Morgan fingerprint density at radius 2 is 2.07 bits per heavy atom. The van der Waals surface area contributed by atoms with E-state index in [1.165, 1.54) is 12.1 Å². The highest BCUT2D eigenvalue weighted by Crippen LogP contribution is 2.26. The fraction of sp³-hybridized carbons (Fsp3) is 0.667. The van der Waals surface area contributed by atoms with E-state index in [0.29, 0.717) is 43.5 Å². The number of amides is 1. The van der Waals surface area contributed by atoms with Gasteiger partial charge in [0, 0.05) is 31.8 Å². The zero-order chi connectivity index (χ0) is 19.8. The van der Waals surface area contributed by atoms with Crippen LogP contribution in [0.3, 0.4) is 0 Å². The Balaban J connectivity index is 2.13. The fourth-order valence-corrected chi connectivity index (χ4v) is 3.21. The number of unbranched alkanes of at least 4 members (excludes halogenated alkanes) is 1. The summed E-state index contributed by atoms with van der Waals surface area (Å²) in [5.41, 5.74) is 0.432. The molecular formula is C21H33NO5. The van der Waals surface area contributed by atoms with Crippen molar-refractivity contribution in [3.8, 4) is 11.5 Å². The van der Waals surface area contributed by atoms with Gasteiger partial charge in [0.25, 0.3) is 5.91 Å². The Kier molecular flexibility index (Phi) is 8.38. The number of nitrogens with zero attached hydrogens (tertiary/aromatic N) is 1. The predicted molar refractivity (Wildman–Crippen MR) is 104 cm³/mol. The molecule has 6 nitrogen and oxygen atoms in total. The van der Waals surface area contributed by atoms with Gasteiger partial charge in [-0.25, -0.2) is 0 Å². The summed E-state index contributed by atoms with van der Waals surface area (Å²) < 4.78 is 16.7. The molecule has 1 aromatic carbocycles. The maximum atomic E-state index is 13.1. The SMILES string of the molecule is CCCC[C@@H]1CN(C(=O)c2cc(O)cc(OCCOC)c2)C[C@H](C(C)C)O1. The first-order valence-electron chi connectivity index (χ1n) is 9.85. The average Bonchev–Trinajstić information content (AvgIpc) is 2.65. The van der Waals surface area contributed by atoms with E-state index in [1.54, 1.807) is 13.2 Å². The van der Waals surface area contributed by atoms with Crippen molar-refractivity contribution in [1.29, 1.82) is 0 Å². The van der Waals surface area contributed by atoms with Crippen LogP contribution >= 0.6 is 0 Å². The van der Waals surface area contributed by atoms with E-state index in [-0.39, 0.29) is 23.9 Å². The quantitative estimate of drug-likeness (QED) is 0.666. The van der Waals surface area contributed by atoms with E-state index in [4.69, 9.17) is 14.2 Å². The van der Waals surface area contributed by atoms with Crippen LogP contribution in [0.1, 0.15) is 50.4 Å². The van der Waals surface area contributed by atoms with Crippen molar-refractivity contribution in [2.45, 2.75) is 52.2 Å². The van der Waals surface area contributed by atoms with Crippen LogP contribution in [0.25, 0.3) is 0 Å². The van der Waals surface area contributed by atoms with E-state index >= 15 is 0 Å². The number of morpholine rings is 1. The van der Waals surface area contributed by atoms with Gasteiger partial charge in [-0.2, -0.15) is 0 Å². The first kappa shape index (κ1) is 21.5. The molecule has 2 rings (SSSR count). The lowest BCUT2D eigenvalue weighted by Crippen LogP contribution is -2.51. The van der Waals surface area contributed by atoms with Crippen molar-refractivity contribution in [2.24, 2.45) is 5.92 Å². The molecule has 0 bridgehead atoms. The first-order valence-corrected chi connectivity index (χ1v) is 9.85. The topological polar surface area (TPSA) is 68.2 Å². The minimum atomic E-state index is -0.0991. The number of carbonyl (C=O) groups is 1. The Bertz CT molecular complexity index is 604. The minimum absolute atomic E-state index is 0.0180. The van der Waals surface area contributed by atoms with Gasteiger partial charge in [0.2, 0.25) is 0 Å². The predicted octanol–water partition coefficient (Wildman–Crippen LogP) is 3.47. The van der Waals surface area contributed by atoms with Gasteiger partial charge in [0.15, 0.2) is 0 Å². The average molecular weight is 379 g/mol. The molecule has 1 aliphatic heterocycles. The number of hydrogen-bond acceptors (Lipinski definition) is 5. The number of phenols is 1. The number of hydrogen-bond donors (Lipinski definition) is 1. The summed E-state index contributed by atoms with van der Waals surface area (Å²) >= 11 is 0. The van der Waals surface area contributed by atoms with E-state index in [9.17, 15) is 9.90 Å². The lowest BCUT2D eigenvalue weighted by molar-refractivity contribution is -0.0962. The number of phenolic OH excluding ortho intramolecular Hbond substituents is 1. The van der Waals surface area contributed by atoms with Crippen LogP contribution in [-0.4, -0.2) is 61.5 Å². The second kappa shape index (κ2) is 10.5. The molecule has 0 saturated carbocycles. The molecule has 0 aliphatic carbocycles. The van der Waals surface area contributed by atoms with E-state index in [1.807, 2.05) is 4.90 Å². The molecule has 27 heavy (non-hydrogen) atoms.